The number of nitrogens with one attached hydrogen (secondary N) is 1. The maximum atomic E-state index is 12.8. The summed E-state index contributed by atoms with van der Waals surface area (Å²) in [7, 11) is 0. The SMILES string of the molecule is CC(C)Oc1ccccc1CNC(=O)c1ccc2cncc(-c3ccccc3)c2n1. The summed E-state index contributed by atoms with van der Waals surface area (Å²) in [5.41, 5.74) is 3.97. The average Bonchev–Trinajstić information content (AvgIpc) is 2.77. The van der Waals surface area contributed by atoms with E-state index in [1.54, 1.807) is 18.5 Å². The molecule has 2 aromatic carbocycles. The Hall–Kier alpha value is -3.73. The fourth-order valence-corrected chi connectivity index (χ4v) is 3.28. The predicted molar refractivity (Wildman–Crippen MR) is 118 cm³/mol. The summed E-state index contributed by atoms with van der Waals surface area (Å²) in [4.78, 5) is 21.8. The number of fused-ring (bicyclic) bond motifs is 1. The van der Waals surface area contributed by atoms with Crippen molar-refractivity contribution in [2.75, 3.05) is 0 Å². The van der Waals surface area contributed by atoms with Crippen LogP contribution in [0.3, 0.4) is 0 Å². The Balaban J connectivity index is 1.59. The number of nitrogens with zero attached hydrogens (tertiary/aromatic N) is 2. The second-order valence-electron chi connectivity index (χ2n) is 7.28. The van der Waals surface area contributed by atoms with Gasteiger partial charge in [0.05, 0.1) is 11.6 Å². The van der Waals surface area contributed by atoms with Gasteiger partial charge in [0.25, 0.3) is 5.91 Å². The topological polar surface area (TPSA) is 64.1 Å². The number of carbonyl (C=O) groups is 1. The van der Waals surface area contributed by atoms with Crippen LogP contribution in [-0.4, -0.2) is 22.0 Å². The standard InChI is InChI=1S/C25H23N3O2/c1-17(2)30-23-11-7-6-10-19(23)15-27-25(29)22-13-12-20-14-26-16-21(24(20)28-22)18-8-4-3-5-9-18/h3-14,16-17H,15H2,1-2H3,(H,27,29). The van der Waals surface area contributed by atoms with Gasteiger partial charge in [-0.3, -0.25) is 9.78 Å². The van der Waals surface area contributed by atoms with Crippen LogP contribution in [-0.2, 0) is 6.54 Å². The number of rotatable bonds is 6. The predicted octanol–water partition coefficient (Wildman–Crippen LogP) is 5.01. The lowest BCUT2D eigenvalue weighted by molar-refractivity contribution is 0.0946. The second kappa shape index (κ2) is 8.74. The number of amides is 1. The molecule has 0 unspecified atom stereocenters. The highest BCUT2D eigenvalue weighted by atomic mass is 16.5. The molecule has 150 valence electrons. The maximum absolute atomic E-state index is 12.8. The van der Waals surface area contributed by atoms with E-state index in [-0.39, 0.29) is 12.0 Å². The summed E-state index contributed by atoms with van der Waals surface area (Å²) in [6.07, 6.45) is 3.61. The fraction of sp³-hybridized carbons (Fsp3) is 0.160. The van der Waals surface area contributed by atoms with Gasteiger partial charge >= 0.3 is 0 Å². The fourth-order valence-electron chi connectivity index (χ4n) is 3.28. The van der Waals surface area contributed by atoms with Crippen molar-refractivity contribution < 1.29 is 9.53 Å². The molecule has 30 heavy (non-hydrogen) atoms. The van der Waals surface area contributed by atoms with Crippen LogP contribution in [0.5, 0.6) is 5.75 Å². The molecular weight excluding hydrogens is 374 g/mol. The van der Waals surface area contributed by atoms with Gasteiger partial charge in [0, 0.05) is 35.5 Å². The molecule has 1 N–H and O–H groups in total. The molecule has 0 saturated heterocycles. The Labute approximate surface area is 175 Å². The molecule has 4 rings (SSSR count). The molecule has 0 saturated carbocycles. The van der Waals surface area contributed by atoms with E-state index in [0.29, 0.717) is 12.2 Å². The molecule has 2 heterocycles. The van der Waals surface area contributed by atoms with Gasteiger partial charge in [-0.05, 0) is 37.6 Å². The van der Waals surface area contributed by atoms with E-state index in [4.69, 9.17) is 4.74 Å². The molecule has 5 nitrogen and oxygen atoms in total. The highest BCUT2D eigenvalue weighted by Gasteiger charge is 2.13. The minimum absolute atomic E-state index is 0.0639. The van der Waals surface area contributed by atoms with E-state index in [0.717, 1.165) is 33.3 Å². The van der Waals surface area contributed by atoms with Crippen molar-refractivity contribution in [1.82, 2.24) is 15.3 Å². The number of ether oxygens (including phenoxy) is 1. The number of benzene rings is 2. The van der Waals surface area contributed by atoms with Gasteiger partial charge in [-0.15, -0.1) is 0 Å². The van der Waals surface area contributed by atoms with Crippen molar-refractivity contribution in [1.29, 1.82) is 0 Å². The first-order valence-electron chi connectivity index (χ1n) is 9.95. The lowest BCUT2D eigenvalue weighted by Crippen LogP contribution is -2.24. The van der Waals surface area contributed by atoms with Gasteiger partial charge < -0.3 is 10.1 Å². The zero-order valence-electron chi connectivity index (χ0n) is 17.0. The maximum Gasteiger partial charge on any atom is 0.270 e. The van der Waals surface area contributed by atoms with E-state index in [2.05, 4.69) is 15.3 Å². The molecule has 4 aromatic rings. The van der Waals surface area contributed by atoms with Crippen LogP contribution >= 0.6 is 0 Å². The van der Waals surface area contributed by atoms with Gasteiger partial charge in [0.1, 0.15) is 11.4 Å². The number of hydrogen-bond donors (Lipinski definition) is 1. The monoisotopic (exact) mass is 397 g/mol. The molecule has 0 aliphatic heterocycles. The molecule has 0 aliphatic carbocycles. The number of para-hydroxylation sites is 1. The van der Waals surface area contributed by atoms with Crippen LogP contribution in [0, 0.1) is 0 Å². The summed E-state index contributed by atoms with van der Waals surface area (Å²) >= 11 is 0. The summed E-state index contributed by atoms with van der Waals surface area (Å²) < 4.78 is 5.83. The lowest BCUT2D eigenvalue weighted by atomic mass is 10.0. The highest BCUT2D eigenvalue weighted by Crippen LogP contribution is 2.26. The first kappa shape index (κ1) is 19.6. The van der Waals surface area contributed by atoms with Crippen molar-refractivity contribution in [2.45, 2.75) is 26.5 Å². The molecule has 1 amide bonds. The average molecular weight is 397 g/mol. The highest BCUT2D eigenvalue weighted by molar-refractivity contribution is 5.98. The summed E-state index contributed by atoms with van der Waals surface area (Å²) in [6, 6.07) is 21.3. The first-order chi connectivity index (χ1) is 14.6. The number of pyridine rings is 2. The Bertz CT molecular complexity index is 1170. The molecule has 0 fully saturated rings. The van der Waals surface area contributed by atoms with Crippen molar-refractivity contribution in [3.8, 4) is 16.9 Å². The Morgan fingerprint density at radius 3 is 2.53 bits per heavy atom. The minimum atomic E-state index is -0.230. The summed E-state index contributed by atoms with van der Waals surface area (Å²) in [5, 5.41) is 3.85. The van der Waals surface area contributed by atoms with Crippen molar-refractivity contribution in [3.05, 3.63) is 90.4 Å². The molecule has 0 atom stereocenters. The normalized spacial score (nSPS) is 10.9. The third-order valence-electron chi connectivity index (χ3n) is 4.69. The van der Waals surface area contributed by atoms with Gasteiger partial charge in [0.15, 0.2) is 0 Å². The molecule has 0 spiro atoms. The van der Waals surface area contributed by atoms with E-state index < -0.39 is 0 Å². The van der Waals surface area contributed by atoms with Crippen molar-refractivity contribution in [3.63, 3.8) is 0 Å². The van der Waals surface area contributed by atoms with Crippen molar-refractivity contribution in [2.24, 2.45) is 0 Å². The third-order valence-corrected chi connectivity index (χ3v) is 4.69. The second-order valence-corrected chi connectivity index (χ2v) is 7.28. The molecule has 0 radical (unpaired) electrons. The lowest BCUT2D eigenvalue weighted by Gasteiger charge is -2.14. The molecule has 0 bridgehead atoms. The minimum Gasteiger partial charge on any atom is -0.491 e. The van der Waals surface area contributed by atoms with Gasteiger partial charge in [0.2, 0.25) is 0 Å². The molecule has 2 aromatic heterocycles. The zero-order chi connectivity index (χ0) is 20.9. The Kier molecular flexibility index (Phi) is 5.70. The van der Waals surface area contributed by atoms with Crippen LogP contribution in [0.15, 0.2) is 79.1 Å². The summed E-state index contributed by atoms with van der Waals surface area (Å²) in [5.74, 6) is 0.545. The summed E-state index contributed by atoms with van der Waals surface area (Å²) in [6.45, 7) is 4.32. The van der Waals surface area contributed by atoms with E-state index >= 15 is 0 Å². The van der Waals surface area contributed by atoms with E-state index in [1.165, 1.54) is 0 Å². The Morgan fingerprint density at radius 1 is 0.967 bits per heavy atom. The van der Waals surface area contributed by atoms with Crippen LogP contribution in [0.4, 0.5) is 0 Å². The van der Waals surface area contributed by atoms with Crippen LogP contribution in [0.25, 0.3) is 22.0 Å². The Morgan fingerprint density at radius 2 is 1.73 bits per heavy atom. The van der Waals surface area contributed by atoms with Gasteiger partial charge in [-0.1, -0.05) is 48.5 Å². The van der Waals surface area contributed by atoms with Crippen molar-refractivity contribution >= 4 is 16.8 Å². The number of aromatic nitrogens is 2. The van der Waals surface area contributed by atoms with Crippen LogP contribution in [0.2, 0.25) is 0 Å². The number of carbonyl (C=O) groups excluding carboxylic acids is 1. The smallest absolute Gasteiger partial charge is 0.270 e. The third kappa shape index (κ3) is 4.30. The van der Waals surface area contributed by atoms with Crippen LogP contribution in [0.1, 0.15) is 29.9 Å². The van der Waals surface area contributed by atoms with Gasteiger partial charge in [-0.25, -0.2) is 4.98 Å². The molecule has 0 aliphatic rings. The van der Waals surface area contributed by atoms with E-state index in [1.807, 2.05) is 74.5 Å². The number of hydrogen-bond acceptors (Lipinski definition) is 4. The molecule has 5 heteroatoms. The van der Waals surface area contributed by atoms with Gasteiger partial charge in [-0.2, -0.15) is 0 Å². The zero-order valence-corrected chi connectivity index (χ0v) is 17.0. The quantitative estimate of drug-likeness (QED) is 0.496. The molecular formula is C25H23N3O2. The largest absolute Gasteiger partial charge is 0.491 e. The first-order valence-corrected chi connectivity index (χ1v) is 9.95. The van der Waals surface area contributed by atoms with Crippen LogP contribution < -0.4 is 10.1 Å². The van der Waals surface area contributed by atoms with E-state index in [9.17, 15) is 4.79 Å².